The number of benzene rings is 1. The number of hydrogen-bond acceptors (Lipinski definition) is 3. The molecule has 4 heteroatoms. The van der Waals surface area contributed by atoms with E-state index in [4.69, 9.17) is 5.73 Å². The Kier molecular flexibility index (Phi) is 5.12. The fraction of sp³-hybridized carbons (Fsp3) is 0.611. The lowest BCUT2D eigenvalue weighted by atomic mass is 9.95. The number of aryl methyl sites for hydroxylation is 1. The van der Waals surface area contributed by atoms with Gasteiger partial charge in [0.25, 0.3) is 0 Å². The van der Waals surface area contributed by atoms with Gasteiger partial charge in [0.1, 0.15) is 0 Å². The molecule has 1 amide bonds. The molecule has 1 aliphatic rings. The highest BCUT2D eigenvalue weighted by Gasteiger charge is 2.33. The van der Waals surface area contributed by atoms with E-state index in [2.05, 4.69) is 43.9 Å². The highest BCUT2D eigenvalue weighted by atomic mass is 16.2. The van der Waals surface area contributed by atoms with Gasteiger partial charge < -0.3 is 15.5 Å². The highest BCUT2D eigenvalue weighted by Crippen LogP contribution is 2.24. The van der Waals surface area contributed by atoms with E-state index in [0.717, 1.165) is 39.0 Å². The van der Waals surface area contributed by atoms with Gasteiger partial charge in [-0.2, -0.15) is 0 Å². The average Bonchev–Trinajstić information content (AvgIpc) is 2.49. The van der Waals surface area contributed by atoms with Gasteiger partial charge in [0, 0.05) is 31.9 Å². The van der Waals surface area contributed by atoms with Gasteiger partial charge in [-0.3, -0.25) is 4.79 Å². The maximum Gasteiger partial charge on any atom is 0.242 e. The van der Waals surface area contributed by atoms with Gasteiger partial charge in [0.2, 0.25) is 5.91 Å². The summed E-state index contributed by atoms with van der Waals surface area (Å²) in [5, 5.41) is 0. The van der Waals surface area contributed by atoms with Crippen molar-refractivity contribution in [2.45, 2.75) is 46.1 Å². The molecule has 4 nitrogen and oxygen atoms in total. The Bertz CT molecular complexity index is 531. The van der Waals surface area contributed by atoms with E-state index in [1.807, 2.05) is 11.8 Å². The molecule has 0 saturated carbocycles. The molecule has 1 heterocycles. The minimum Gasteiger partial charge on any atom is -0.368 e. The van der Waals surface area contributed by atoms with Crippen molar-refractivity contribution >= 4 is 11.6 Å². The molecule has 1 fully saturated rings. The standard InChI is InChI=1S/C18H29N3O/c1-5-9-18(4,19)17(22)21-12-10-20(11-13-21)16-8-6-7-14(2)15(16)3/h6-8H,5,9-13,19H2,1-4H3. The first-order chi connectivity index (χ1) is 10.4. The first-order valence-electron chi connectivity index (χ1n) is 8.26. The van der Waals surface area contributed by atoms with Crippen LogP contribution in [0.15, 0.2) is 18.2 Å². The highest BCUT2D eigenvalue weighted by molar-refractivity contribution is 5.86. The summed E-state index contributed by atoms with van der Waals surface area (Å²) in [5.41, 5.74) is 9.39. The smallest absolute Gasteiger partial charge is 0.242 e. The average molecular weight is 303 g/mol. The molecule has 1 aromatic rings. The summed E-state index contributed by atoms with van der Waals surface area (Å²) in [6.45, 7) is 11.5. The Morgan fingerprint density at radius 3 is 2.45 bits per heavy atom. The number of rotatable bonds is 4. The van der Waals surface area contributed by atoms with Crippen LogP contribution in [0.2, 0.25) is 0 Å². The monoisotopic (exact) mass is 303 g/mol. The number of carbonyl (C=O) groups is 1. The van der Waals surface area contributed by atoms with Crippen molar-refractivity contribution < 1.29 is 4.79 Å². The third-order valence-corrected chi connectivity index (χ3v) is 4.74. The molecular formula is C18H29N3O. The van der Waals surface area contributed by atoms with Crippen LogP contribution in [0, 0.1) is 13.8 Å². The Hall–Kier alpha value is -1.55. The van der Waals surface area contributed by atoms with E-state index in [0.29, 0.717) is 0 Å². The second-order valence-corrected chi connectivity index (χ2v) is 6.67. The number of amides is 1. The number of hydrogen-bond donors (Lipinski definition) is 1. The third kappa shape index (κ3) is 3.43. The van der Waals surface area contributed by atoms with Crippen LogP contribution in [0.1, 0.15) is 37.8 Å². The Morgan fingerprint density at radius 1 is 1.23 bits per heavy atom. The van der Waals surface area contributed by atoms with E-state index < -0.39 is 5.54 Å². The second-order valence-electron chi connectivity index (χ2n) is 6.67. The van der Waals surface area contributed by atoms with Gasteiger partial charge in [0.05, 0.1) is 5.54 Å². The molecule has 2 N–H and O–H groups in total. The van der Waals surface area contributed by atoms with E-state index >= 15 is 0 Å². The van der Waals surface area contributed by atoms with Gasteiger partial charge in [-0.25, -0.2) is 0 Å². The minimum absolute atomic E-state index is 0.0926. The summed E-state index contributed by atoms with van der Waals surface area (Å²) in [7, 11) is 0. The largest absolute Gasteiger partial charge is 0.368 e. The molecule has 2 rings (SSSR count). The Labute approximate surface area is 134 Å². The zero-order valence-corrected chi connectivity index (χ0v) is 14.4. The van der Waals surface area contributed by atoms with Crippen molar-refractivity contribution in [1.29, 1.82) is 0 Å². The summed E-state index contributed by atoms with van der Waals surface area (Å²) in [5.74, 6) is 0.0926. The lowest BCUT2D eigenvalue weighted by molar-refractivity contribution is -0.137. The van der Waals surface area contributed by atoms with Crippen molar-refractivity contribution in [3.63, 3.8) is 0 Å². The molecule has 1 atom stereocenters. The molecule has 0 spiro atoms. The topological polar surface area (TPSA) is 49.6 Å². The molecule has 0 aromatic heterocycles. The molecule has 0 aliphatic carbocycles. The number of piperazine rings is 1. The van der Waals surface area contributed by atoms with Crippen LogP contribution < -0.4 is 10.6 Å². The number of carbonyl (C=O) groups excluding carboxylic acids is 1. The zero-order valence-electron chi connectivity index (χ0n) is 14.4. The fourth-order valence-electron chi connectivity index (χ4n) is 3.22. The molecule has 1 aromatic carbocycles. The summed E-state index contributed by atoms with van der Waals surface area (Å²) in [6.07, 6.45) is 1.67. The van der Waals surface area contributed by atoms with E-state index in [-0.39, 0.29) is 5.91 Å². The Morgan fingerprint density at radius 2 is 1.86 bits per heavy atom. The van der Waals surface area contributed by atoms with Crippen LogP contribution in [-0.2, 0) is 4.79 Å². The SMILES string of the molecule is CCCC(C)(N)C(=O)N1CCN(c2cccc(C)c2C)CC1. The van der Waals surface area contributed by atoms with Crippen LogP contribution in [0.4, 0.5) is 5.69 Å². The quantitative estimate of drug-likeness (QED) is 0.929. The van der Waals surface area contributed by atoms with E-state index in [1.165, 1.54) is 16.8 Å². The number of nitrogens with zero attached hydrogens (tertiary/aromatic N) is 2. The van der Waals surface area contributed by atoms with Gasteiger partial charge in [0.15, 0.2) is 0 Å². The predicted octanol–water partition coefficient (Wildman–Crippen LogP) is 2.47. The van der Waals surface area contributed by atoms with Crippen LogP contribution in [0.25, 0.3) is 0 Å². The Balaban J connectivity index is 2.01. The van der Waals surface area contributed by atoms with Crippen molar-refractivity contribution in [2.24, 2.45) is 5.73 Å². The third-order valence-electron chi connectivity index (χ3n) is 4.74. The predicted molar refractivity (Wildman–Crippen MR) is 92.2 cm³/mol. The molecule has 22 heavy (non-hydrogen) atoms. The molecule has 0 bridgehead atoms. The first-order valence-corrected chi connectivity index (χ1v) is 8.26. The summed E-state index contributed by atoms with van der Waals surface area (Å²) in [4.78, 5) is 16.9. The van der Waals surface area contributed by atoms with Crippen LogP contribution >= 0.6 is 0 Å². The van der Waals surface area contributed by atoms with E-state index in [1.54, 1.807) is 0 Å². The molecule has 0 radical (unpaired) electrons. The second kappa shape index (κ2) is 6.69. The summed E-state index contributed by atoms with van der Waals surface area (Å²) < 4.78 is 0. The van der Waals surface area contributed by atoms with Crippen molar-refractivity contribution in [3.05, 3.63) is 29.3 Å². The normalized spacial score (nSPS) is 18.2. The maximum absolute atomic E-state index is 12.6. The lowest BCUT2D eigenvalue weighted by Crippen LogP contribution is -2.58. The van der Waals surface area contributed by atoms with Gasteiger partial charge in [-0.15, -0.1) is 0 Å². The lowest BCUT2D eigenvalue weighted by Gasteiger charge is -2.40. The summed E-state index contributed by atoms with van der Waals surface area (Å²) >= 11 is 0. The van der Waals surface area contributed by atoms with Crippen molar-refractivity contribution in [2.75, 3.05) is 31.1 Å². The summed E-state index contributed by atoms with van der Waals surface area (Å²) in [6, 6.07) is 6.42. The van der Waals surface area contributed by atoms with E-state index in [9.17, 15) is 4.79 Å². The first kappa shape index (κ1) is 16.8. The van der Waals surface area contributed by atoms with Crippen LogP contribution in [0.5, 0.6) is 0 Å². The van der Waals surface area contributed by atoms with Gasteiger partial charge in [-0.1, -0.05) is 25.5 Å². The number of anilines is 1. The van der Waals surface area contributed by atoms with Crippen molar-refractivity contribution in [1.82, 2.24) is 4.90 Å². The molecule has 1 saturated heterocycles. The molecule has 1 aliphatic heterocycles. The minimum atomic E-state index is -0.726. The van der Waals surface area contributed by atoms with Crippen LogP contribution in [-0.4, -0.2) is 42.5 Å². The zero-order chi connectivity index (χ0) is 16.3. The van der Waals surface area contributed by atoms with Crippen molar-refractivity contribution in [3.8, 4) is 0 Å². The van der Waals surface area contributed by atoms with Gasteiger partial charge in [-0.05, 0) is 44.4 Å². The molecule has 122 valence electrons. The fourth-order valence-corrected chi connectivity index (χ4v) is 3.22. The molecular weight excluding hydrogens is 274 g/mol. The maximum atomic E-state index is 12.6. The molecule has 1 unspecified atom stereocenters. The van der Waals surface area contributed by atoms with Crippen LogP contribution in [0.3, 0.4) is 0 Å². The van der Waals surface area contributed by atoms with Gasteiger partial charge >= 0.3 is 0 Å². The number of nitrogens with two attached hydrogens (primary N) is 1.